The number of nitrogens with zero attached hydrogens (tertiary/aromatic N) is 1. The Labute approximate surface area is 97.8 Å². The maximum absolute atomic E-state index is 13.3. The van der Waals surface area contributed by atoms with Crippen molar-refractivity contribution >= 4 is 6.21 Å². The van der Waals surface area contributed by atoms with Gasteiger partial charge in [0, 0.05) is 0 Å². The maximum Gasteiger partial charge on any atom is 0.165 e. The summed E-state index contributed by atoms with van der Waals surface area (Å²) in [4.78, 5) is 0. The summed E-state index contributed by atoms with van der Waals surface area (Å²) in [6, 6.07) is 12.9. The molecule has 4 heteroatoms. The molecule has 0 saturated carbocycles. The van der Waals surface area contributed by atoms with Crippen molar-refractivity contribution in [3.05, 3.63) is 59.9 Å². The third kappa shape index (κ3) is 2.81. The van der Waals surface area contributed by atoms with E-state index in [9.17, 15) is 4.39 Å². The predicted octanol–water partition coefficient (Wildman–Crippen LogP) is 3.43. The quantitative estimate of drug-likeness (QED) is 0.499. The van der Waals surface area contributed by atoms with Gasteiger partial charge in [0.2, 0.25) is 0 Å². The Bertz CT molecular complexity index is 523. The molecule has 0 atom stereocenters. The molecule has 0 unspecified atom stereocenters. The van der Waals surface area contributed by atoms with Crippen LogP contribution in [0.2, 0.25) is 0 Å². The number of hydrogen-bond acceptors (Lipinski definition) is 3. The Morgan fingerprint density at radius 1 is 1.06 bits per heavy atom. The van der Waals surface area contributed by atoms with Gasteiger partial charge in [-0.25, -0.2) is 4.39 Å². The second-order valence-corrected chi connectivity index (χ2v) is 3.35. The van der Waals surface area contributed by atoms with Gasteiger partial charge in [-0.2, -0.15) is 0 Å². The molecule has 0 aromatic heterocycles. The Balaban J connectivity index is 2.17. The van der Waals surface area contributed by atoms with Gasteiger partial charge < -0.3 is 9.94 Å². The van der Waals surface area contributed by atoms with Crippen molar-refractivity contribution in [1.82, 2.24) is 0 Å². The Hall–Kier alpha value is -2.36. The van der Waals surface area contributed by atoms with E-state index in [1.54, 1.807) is 42.5 Å². The van der Waals surface area contributed by atoms with E-state index in [1.807, 2.05) is 0 Å². The number of hydrogen-bond donors (Lipinski definition) is 1. The Morgan fingerprint density at radius 2 is 1.76 bits per heavy atom. The zero-order chi connectivity index (χ0) is 12.1. The molecule has 0 amide bonds. The second kappa shape index (κ2) is 5.12. The smallest absolute Gasteiger partial charge is 0.165 e. The van der Waals surface area contributed by atoms with Crippen molar-refractivity contribution in [3.63, 3.8) is 0 Å². The molecule has 2 aromatic carbocycles. The van der Waals surface area contributed by atoms with Gasteiger partial charge in [-0.15, -0.1) is 0 Å². The van der Waals surface area contributed by atoms with Crippen molar-refractivity contribution in [3.8, 4) is 11.5 Å². The van der Waals surface area contributed by atoms with Crippen molar-refractivity contribution in [2.45, 2.75) is 0 Å². The van der Waals surface area contributed by atoms with E-state index in [0.29, 0.717) is 5.75 Å². The van der Waals surface area contributed by atoms with E-state index in [-0.39, 0.29) is 5.75 Å². The van der Waals surface area contributed by atoms with Gasteiger partial charge in [0.1, 0.15) is 5.75 Å². The first kappa shape index (κ1) is 11.1. The lowest BCUT2D eigenvalue weighted by Crippen LogP contribution is -1.88. The fourth-order valence-electron chi connectivity index (χ4n) is 1.34. The summed E-state index contributed by atoms with van der Waals surface area (Å²) >= 11 is 0. The van der Waals surface area contributed by atoms with Crippen LogP contribution in [0.15, 0.2) is 53.7 Å². The van der Waals surface area contributed by atoms with Crippen molar-refractivity contribution in [2.24, 2.45) is 5.16 Å². The molecule has 2 aromatic rings. The highest BCUT2D eigenvalue weighted by Gasteiger charge is 2.02. The Kier molecular flexibility index (Phi) is 3.35. The van der Waals surface area contributed by atoms with Crippen molar-refractivity contribution in [1.29, 1.82) is 0 Å². The summed E-state index contributed by atoms with van der Waals surface area (Å²) in [5.74, 6) is 0.287. The molecule has 0 heterocycles. The highest BCUT2D eigenvalue weighted by molar-refractivity contribution is 5.79. The summed E-state index contributed by atoms with van der Waals surface area (Å²) in [5.41, 5.74) is 0.730. The largest absolute Gasteiger partial charge is 0.454 e. The monoisotopic (exact) mass is 231 g/mol. The number of para-hydroxylation sites is 1. The van der Waals surface area contributed by atoms with Crippen LogP contribution in [0.25, 0.3) is 0 Å². The van der Waals surface area contributed by atoms with Gasteiger partial charge in [-0.3, -0.25) is 0 Å². The molecule has 0 bridgehead atoms. The molecular weight excluding hydrogens is 221 g/mol. The van der Waals surface area contributed by atoms with Crippen molar-refractivity contribution < 1.29 is 14.3 Å². The van der Waals surface area contributed by atoms with Gasteiger partial charge in [-0.1, -0.05) is 17.3 Å². The minimum absolute atomic E-state index is 0.177. The third-order valence-electron chi connectivity index (χ3n) is 2.15. The lowest BCUT2D eigenvalue weighted by Gasteiger charge is -2.06. The summed E-state index contributed by atoms with van der Waals surface area (Å²) in [6.07, 6.45) is 1.30. The molecule has 2 rings (SSSR count). The number of oxime groups is 1. The van der Waals surface area contributed by atoms with Crippen LogP contribution in [-0.4, -0.2) is 11.4 Å². The van der Waals surface area contributed by atoms with Gasteiger partial charge in [0.05, 0.1) is 6.21 Å². The average molecular weight is 231 g/mol. The number of benzene rings is 2. The molecule has 1 N–H and O–H groups in total. The number of ether oxygens (including phenoxy) is 1. The van der Waals surface area contributed by atoms with E-state index in [1.165, 1.54) is 12.3 Å². The molecule has 0 saturated heterocycles. The molecule has 3 nitrogen and oxygen atoms in total. The van der Waals surface area contributed by atoms with Crippen LogP contribution in [-0.2, 0) is 0 Å². The molecule has 0 aliphatic heterocycles. The van der Waals surface area contributed by atoms with Crippen molar-refractivity contribution in [2.75, 3.05) is 0 Å². The maximum atomic E-state index is 13.3. The van der Waals surface area contributed by atoms with Crippen LogP contribution in [0.4, 0.5) is 4.39 Å². The minimum atomic E-state index is -0.409. The summed E-state index contributed by atoms with van der Waals surface area (Å²) in [5, 5.41) is 11.3. The lowest BCUT2D eigenvalue weighted by molar-refractivity contribution is 0.322. The van der Waals surface area contributed by atoms with E-state index >= 15 is 0 Å². The third-order valence-corrected chi connectivity index (χ3v) is 2.15. The van der Waals surface area contributed by atoms with Crippen LogP contribution in [0, 0.1) is 5.82 Å². The van der Waals surface area contributed by atoms with Crippen LogP contribution in [0.3, 0.4) is 0 Å². The fraction of sp³-hybridized carbons (Fsp3) is 0. The number of halogens is 1. The molecule has 0 radical (unpaired) electrons. The number of rotatable bonds is 3. The summed E-state index contributed by atoms with van der Waals surface area (Å²) in [7, 11) is 0. The van der Waals surface area contributed by atoms with Gasteiger partial charge >= 0.3 is 0 Å². The van der Waals surface area contributed by atoms with E-state index in [2.05, 4.69) is 5.16 Å². The van der Waals surface area contributed by atoms with Gasteiger partial charge in [0.25, 0.3) is 0 Å². The molecule has 0 fully saturated rings. The fourth-order valence-corrected chi connectivity index (χ4v) is 1.34. The van der Waals surface area contributed by atoms with Crippen LogP contribution in [0.5, 0.6) is 11.5 Å². The molecule has 0 spiro atoms. The normalized spacial score (nSPS) is 10.6. The first-order valence-corrected chi connectivity index (χ1v) is 4.99. The molecular formula is C13H10FNO2. The minimum Gasteiger partial charge on any atom is -0.454 e. The molecule has 0 aliphatic rings. The van der Waals surface area contributed by atoms with Crippen LogP contribution in [0.1, 0.15) is 5.56 Å². The lowest BCUT2D eigenvalue weighted by atomic mass is 10.2. The Morgan fingerprint density at radius 3 is 2.41 bits per heavy atom. The van der Waals surface area contributed by atoms with Crippen LogP contribution < -0.4 is 4.74 Å². The zero-order valence-corrected chi connectivity index (χ0v) is 8.88. The summed E-state index contributed by atoms with van der Waals surface area (Å²) < 4.78 is 18.7. The highest BCUT2D eigenvalue weighted by atomic mass is 19.1. The first-order valence-electron chi connectivity index (χ1n) is 4.99. The van der Waals surface area contributed by atoms with Crippen LogP contribution >= 0.6 is 0 Å². The predicted molar refractivity (Wildman–Crippen MR) is 62.3 cm³/mol. The van der Waals surface area contributed by atoms with Gasteiger partial charge in [-0.05, 0) is 42.0 Å². The topological polar surface area (TPSA) is 41.8 Å². The SMILES string of the molecule is ON=Cc1ccc(Oc2ccccc2F)cc1. The molecule has 86 valence electrons. The molecule has 0 aliphatic carbocycles. The molecule has 17 heavy (non-hydrogen) atoms. The first-order chi connectivity index (χ1) is 8.29. The van der Waals surface area contributed by atoms with E-state index in [0.717, 1.165) is 5.56 Å². The van der Waals surface area contributed by atoms with E-state index < -0.39 is 5.82 Å². The highest BCUT2D eigenvalue weighted by Crippen LogP contribution is 2.23. The second-order valence-electron chi connectivity index (χ2n) is 3.35. The summed E-state index contributed by atoms with van der Waals surface area (Å²) in [6.45, 7) is 0. The zero-order valence-electron chi connectivity index (χ0n) is 8.88. The average Bonchev–Trinajstić information content (AvgIpc) is 2.35. The van der Waals surface area contributed by atoms with E-state index in [4.69, 9.17) is 9.94 Å². The van der Waals surface area contributed by atoms with Gasteiger partial charge in [0.15, 0.2) is 11.6 Å². The standard InChI is InChI=1S/C13H10FNO2/c14-12-3-1-2-4-13(12)17-11-7-5-10(6-8-11)9-15-16/h1-9,16H.